The number of pyridine rings is 1. The van der Waals surface area contributed by atoms with Crippen LogP contribution in [0.2, 0.25) is 0 Å². The summed E-state index contributed by atoms with van der Waals surface area (Å²) >= 11 is 0. The fraction of sp³-hybridized carbons (Fsp3) is 0.167. The molecule has 0 saturated heterocycles. The predicted octanol–water partition coefficient (Wildman–Crippen LogP) is 4.36. The number of benzene rings is 2. The second-order valence-corrected chi connectivity index (χ2v) is 7.70. The van der Waals surface area contributed by atoms with Gasteiger partial charge in [-0.1, -0.05) is 39.0 Å². The lowest BCUT2D eigenvalue weighted by atomic mass is 9.87. The first-order chi connectivity index (χ1) is 14.3. The molecule has 1 aromatic heterocycles. The highest BCUT2D eigenvalue weighted by molar-refractivity contribution is 5.93. The molecule has 3 rings (SSSR count). The second-order valence-electron chi connectivity index (χ2n) is 7.70. The van der Waals surface area contributed by atoms with Crippen molar-refractivity contribution in [2.45, 2.75) is 26.2 Å². The Hall–Kier alpha value is -3.80. The first-order valence-corrected chi connectivity index (χ1v) is 9.50. The number of amides is 1. The first kappa shape index (κ1) is 20.9. The highest BCUT2D eigenvalue weighted by Gasteiger charge is 2.15. The van der Waals surface area contributed by atoms with Gasteiger partial charge in [0.2, 0.25) is 0 Å². The zero-order chi connectivity index (χ0) is 21.6. The SMILES string of the molecule is CC(C)(C)c1ccc(C(=O)Oc2ccc(C=NNC(=O)c3ccccn3)cc2)cc1. The lowest BCUT2D eigenvalue weighted by Gasteiger charge is -2.18. The Bertz CT molecular complexity index is 1040. The monoisotopic (exact) mass is 401 g/mol. The average Bonchev–Trinajstić information content (AvgIpc) is 2.75. The molecule has 0 aliphatic rings. The van der Waals surface area contributed by atoms with Crippen LogP contribution in [0.25, 0.3) is 0 Å². The summed E-state index contributed by atoms with van der Waals surface area (Å²) in [5.74, 6) is -0.385. The number of aromatic nitrogens is 1. The Morgan fingerprint density at radius 3 is 2.27 bits per heavy atom. The fourth-order valence-electron chi connectivity index (χ4n) is 2.61. The zero-order valence-corrected chi connectivity index (χ0v) is 17.1. The molecular formula is C24H23N3O3. The number of carbonyl (C=O) groups is 2. The van der Waals surface area contributed by atoms with E-state index in [1.54, 1.807) is 54.6 Å². The number of esters is 1. The molecule has 6 heteroatoms. The molecule has 30 heavy (non-hydrogen) atoms. The van der Waals surface area contributed by atoms with Crippen LogP contribution >= 0.6 is 0 Å². The van der Waals surface area contributed by atoms with E-state index in [-0.39, 0.29) is 11.1 Å². The largest absolute Gasteiger partial charge is 0.423 e. The average molecular weight is 401 g/mol. The maximum atomic E-state index is 12.3. The maximum absolute atomic E-state index is 12.3. The van der Waals surface area contributed by atoms with Crippen LogP contribution in [0, 0.1) is 0 Å². The highest BCUT2D eigenvalue weighted by Crippen LogP contribution is 2.22. The minimum absolute atomic E-state index is 0.0247. The van der Waals surface area contributed by atoms with Gasteiger partial charge in [0.1, 0.15) is 11.4 Å². The molecule has 0 atom stereocenters. The topological polar surface area (TPSA) is 80.6 Å². The van der Waals surface area contributed by atoms with E-state index in [1.807, 2.05) is 12.1 Å². The van der Waals surface area contributed by atoms with Gasteiger partial charge in [0, 0.05) is 6.20 Å². The van der Waals surface area contributed by atoms with E-state index in [0.29, 0.717) is 11.3 Å². The van der Waals surface area contributed by atoms with E-state index in [9.17, 15) is 9.59 Å². The number of nitrogens with one attached hydrogen (secondary N) is 1. The number of hydrazone groups is 1. The molecule has 0 fully saturated rings. The van der Waals surface area contributed by atoms with Crippen LogP contribution in [0.1, 0.15) is 52.7 Å². The van der Waals surface area contributed by atoms with Gasteiger partial charge in [-0.3, -0.25) is 9.78 Å². The van der Waals surface area contributed by atoms with Crippen LogP contribution in [-0.2, 0) is 5.41 Å². The summed E-state index contributed by atoms with van der Waals surface area (Å²) in [7, 11) is 0. The number of carbonyl (C=O) groups excluding carboxylic acids is 2. The van der Waals surface area contributed by atoms with Gasteiger partial charge in [-0.2, -0.15) is 5.10 Å². The minimum Gasteiger partial charge on any atom is -0.423 e. The van der Waals surface area contributed by atoms with E-state index in [1.165, 1.54) is 12.4 Å². The molecule has 0 unspecified atom stereocenters. The predicted molar refractivity (Wildman–Crippen MR) is 116 cm³/mol. The Morgan fingerprint density at radius 2 is 1.67 bits per heavy atom. The summed E-state index contributed by atoms with van der Waals surface area (Å²) in [4.78, 5) is 28.2. The molecule has 1 heterocycles. The van der Waals surface area contributed by atoms with Gasteiger partial charge >= 0.3 is 5.97 Å². The Kier molecular flexibility index (Phi) is 6.37. The number of hydrogen-bond donors (Lipinski definition) is 1. The maximum Gasteiger partial charge on any atom is 0.343 e. The number of rotatable bonds is 5. The summed E-state index contributed by atoms with van der Waals surface area (Å²) in [6.45, 7) is 6.36. The van der Waals surface area contributed by atoms with Gasteiger partial charge in [-0.25, -0.2) is 10.2 Å². The van der Waals surface area contributed by atoms with E-state index in [2.05, 4.69) is 36.3 Å². The Balaban J connectivity index is 1.56. The third-order valence-corrected chi connectivity index (χ3v) is 4.35. The van der Waals surface area contributed by atoms with Crippen molar-refractivity contribution >= 4 is 18.1 Å². The smallest absolute Gasteiger partial charge is 0.343 e. The van der Waals surface area contributed by atoms with Crippen molar-refractivity contribution in [3.63, 3.8) is 0 Å². The molecule has 3 aromatic rings. The van der Waals surface area contributed by atoms with E-state index < -0.39 is 11.9 Å². The third-order valence-electron chi connectivity index (χ3n) is 4.35. The summed E-state index contributed by atoms with van der Waals surface area (Å²) in [5.41, 5.74) is 5.11. The van der Waals surface area contributed by atoms with E-state index in [0.717, 1.165) is 11.1 Å². The van der Waals surface area contributed by atoms with Crippen LogP contribution in [0.4, 0.5) is 0 Å². The fourth-order valence-corrected chi connectivity index (χ4v) is 2.61. The van der Waals surface area contributed by atoms with Crippen LogP contribution in [-0.4, -0.2) is 23.1 Å². The molecule has 0 saturated carbocycles. The highest BCUT2D eigenvalue weighted by atomic mass is 16.5. The standard InChI is InChI=1S/C24H23N3O3/c1-24(2,3)19-11-9-18(10-12-19)23(29)30-20-13-7-17(8-14-20)16-26-27-22(28)21-6-4-5-15-25-21/h4-16H,1-3H3,(H,27,28). The normalized spacial score (nSPS) is 11.3. The van der Waals surface area contributed by atoms with Gasteiger partial charge in [0.15, 0.2) is 0 Å². The van der Waals surface area contributed by atoms with Gasteiger partial charge in [0.25, 0.3) is 5.91 Å². The van der Waals surface area contributed by atoms with Crippen molar-refractivity contribution in [2.24, 2.45) is 5.10 Å². The lowest BCUT2D eigenvalue weighted by Crippen LogP contribution is -2.18. The molecule has 152 valence electrons. The first-order valence-electron chi connectivity index (χ1n) is 9.50. The molecule has 1 N–H and O–H groups in total. The van der Waals surface area contributed by atoms with Crippen LogP contribution in [0.5, 0.6) is 5.75 Å². The number of hydrogen-bond acceptors (Lipinski definition) is 5. The molecule has 0 aliphatic carbocycles. The van der Waals surface area contributed by atoms with Gasteiger partial charge < -0.3 is 4.74 Å². The molecule has 0 spiro atoms. The molecule has 0 radical (unpaired) electrons. The van der Waals surface area contributed by atoms with Crippen molar-refractivity contribution in [1.82, 2.24) is 10.4 Å². The summed E-state index contributed by atoms with van der Waals surface area (Å²) in [5, 5.41) is 3.91. The minimum atomic E-state index is -0.417. The molecule has 0 bridgehead atoms. The molecule has 0 aliphatic heterocycles. The molecule has 6 nitrogen and oxygen atoms in total. The van der Waals surface area contributed by atoms with Crippen molar-refractivity contribution in [2.75, 3.05) is 0 Å². The van der Waals surface area contributed by atoms with Gasteiger partial charge in [-0.15, -0.1) is 0 Å². The third kappa shape index (κ3) is 5.61. The van der Waals surface area contributed by atoms with Crippen molar-refractivity contribution in [1.29, 1.82) is 0 Å². The Labute approximate surface area is 175 Å². The number of nitrogens with zero attached hydrogens (tertiary/aromatic N) is 2. The summed E-state index contributed by atoms with van der Waals surface area (Å²) in [6, 6.07) is 19.3. The molecule has 1 amide bonds. The molecule has 2 aromatic carbocycles. The van der Waals surface area contributed by atoms with E-state index in [4.69, 9.17) is 4.74 Å². The van der Waals surface area contributed by atoms with Crippen molar-refractivity contribution in [3.8, 4) is 5.75 Å². The Morgan fingerprint density at radius 1 is 0.967 bits per heavy atom. The van der Waals surface area contributed by atoms with E-state index >= 15 is 0 Å². The quantitative estimate of drug-likeness (QED) is 0.298. The second kappa shape index (κ2) is 9.13. The van der Waals surface area contributed by atoms with Gasteiger partial charge in [0.05, 0.1) is 11.8 Å². The molecular weight excluding hydrogens is 378 g/mol. The van der Waals surface area contributed by atoms with Crippen LogP contribution < -0.4 is 10.2 Å². The van der Waals surface area contributed by atoms with Crippen molar-refractivity contribution < 1.29 is 14.3 Å². The van der Waals surface area contributed by atoms with Crippen LogP contribution in [0.15, 0.2) is 78.0 Å². The van der Waals surface area contributed by atoms with Gasteiger partial charge in [-0.05, 0) is 65.1 Å². The summed E-state index contributed by atoms with van der Waals surface area (Å²) in [6.07, 6.45) is 3.04. The lowest BCUT2D eigenvalue weighted by molar-refractivity contribution is 0.0734. The van der Waals surface area contributed by atoms with Crippen LogP contribution in [0.3, 0.4) is 0 Å². The summed E-state index contributed by atoms with van der Waals surface area (Å²) < 4.78 is 5.42. The zero-order valence-electron chi connectivity index (χ0n) is 17.1. The van der Waals surface area contributed by atoms with Crippen molar-refractivity contribution in [3.05, 3.63) is 95.3 Å². The number of ether oxygens (including phenoxy) is 1.